The zero-order valence-corrected chi connectivity index (χ0v) is 9.45. The Labute approximate surface area is 101 Å². The van der Waals surface area contributed by atoms with Gasteiger partial charge in [0, 0.05) is 5.75 Å². The smallest absolute Gasteiger partial charge is 0.214 e. The van der Waals surface area contributed by atoms with Gasteiger partial charge in [-0.25, -0.2) is 0 Å². The molecule has 0 saturated carbocycles. The zero-order valence-electron chi connectivity index (χ0n) is 8.63. The van der Waals surface area contributed by atoms with Crippen molar-refractivity contribution in [2.24, 2.45) is 5.16 Å². The number of tetrazole rings is 1. The molecule has 0 spiro atoms. The van der Waals surface area contributed by atoms with Crippen molar-refractivity contribution in [3.05, 3.63) is 24.3 Å². The van der Waals surface area contributed by atoms with E-state index >= 15 is 0 Å². The molecule has 0 unspecified atom stereocenters. The Kier molecular flexibility index (Phi) is 3.55. The molecular formula is C9H9N5O2S. The minimum Gasteiger partial charge on any atom is -0.508 e. The highest BCUT2D eigenvalue weighted by molar-refractivity contribution is 7.99. The Hall–Kier alpha value is -2.09. The van der Waals surface area contributed by atoms with Crippen molar-refractivity contribution in [2.45, 2.75) is 5.16 Å². The van der Waals surface area contributed by atoms with E-state index in [1.165, 1.54) is 22.7 Å². The van der Waals surface area contributed by atoms with Crippen LogP contribution in [0.25, 0.3) is 5.69 Å². The molecule has 2 rings (SSSR count). The molecular weight excluding hydrogens is 242 g/mol. The number of nitrogens with zero attached hydrogens (tertiary/aromatic N) is 5. The fourth-order valence-electron chi connectivity index (χ4n) is 1.17. The normalized spacial score (nSPS) is 11.1. The summed E-state index contributed by atoms with van der Waals surface area (Å²) >= 11 is 1.33. The maximum atomic E-state index is 9.19. The molecule has 0 amide bonds. The molecule has 0 aliphatic heterocycles. The summed E-state index contributed by atoms with van der Waals surface area (Å²) in [6.07, 6.45) is 1.35. The topological polar surface area (TPSA) is 96.4 Å². The monoisotopic (exact) mass is 251 g/mol. The number of aromatic nitrogens is 4. The fraction of sp³-hybridized carbons (Fsp3) is 0.111. The molecule has 1 aromatic carbocycles. The van der Waals surface area contributed by atoms with Crippen molar-refractivity contribution in [2.75, 3.05) is 5.75 Å². The molecule has 2 aromatic rings. The molecule has 2 N–H and O–H groups in total. The largest absolute Gasteiger partial charge is 0.508 e. The van der Waals surface area contributed by atoms with E-state index in [1.807, 2.05) is 0 Å². The summed E-state index contributed by atoms with van der Waals surface area (Å²) in [5.41, 5.74) is 0.747. The number of phenols is 1. The highest BCUT2D eigenvalue weighted by Gasteiger charge is 2.07. The van der Waals surface area contributed by atoms with Gasteiger partial charge in [-0.05, 0) is 34.7 Å². The fourth-order valence-corrected chi connectivity index (χ4v) is 1.82. The second kappa shape index (κ2) is 5.30. The van der Waals surface area contributed by atoms with Gasteiger partial charge < -0.3 is 10.3 Å². The van der Waals surface area contributed by atoms with Crippen LogP contribution in [0.15, 0.2) is 34.6 Å². The van der Waals surface area contributed by atoms with Gasteiger partial charge in [-0.2, -0.15) is 4.68 Å². The van der Waals surface area contributed by atoms with E-state index in [1.54, 1.807) is 24.3 Å². The number of phenolic OH excluding ortho intramolecular Hbond substituents is 1. The number of oxime groups is 1. The van der Waals surface area contributed by atoms with Crippen molar-refractivity contribution in [1.29, 1.82) is 0 Å². The molecule has 0 bridgehead atoms. The summed E-state index contributed by atoms with van der Waals surface area (Å²) in [6, 6.07) is 6.52. The van der Waals surface area contributed by atoms with Gasteiger partial charge in [0.25, 0.3) is 0 Å². The first-order chi connectivity index (χ1) is 8.31. The number of aromatic hydroxyl groups is 1. The second-order valence-corrected chi connectivity index (χ2v) is 3.99. The Balaban J connectivity index is 2.21. The standard InChI is InChI=1S/C9H9N5O2S/c15-8-3-1-7(2-4-8)14-9(11-12-13-14)17-6-5-10-16/h1-5,15-16H,6H2/b10-5+. The third kappa shape index (κ3) is 2.72. The van der Waals surface area contributed by atoms with Gasteiger partial charge in [-0.3, -0.25) is 0 Å². The summed E-state index contributed by atoms with van der Waals surface area (Å²) in [7, 11) is 0. The van der Waals surface area contributed by atoms with Crippen molar-refractivity contribution in [1.82, 2.24) is 20.2 Å². The van der Waals surface area contributed by atoms with Crippen LogP contribution in [-0.2, 0) is 0 Å². The van der Waals surface area contributed by atoms with Crippen molar-refractivity contribution in [3.8, 4) is 11.4 Å². The molecule has 17 heavy (non-hydrogen) atoms. The minimum atomic E-state index is 0.184. The SMILES string of the molecule is O/N=C/CSc1nnnn1-c1ccc(O)cc1. The second-order valence-electron chi connectivity index (χ2n) is 3.00. The average Bonchev–Trinajstić information content (AvgIpc) is 2.79. The van der Waals surface area contributed by atoms with E-state index in [2.05, 4.69) is 20.7 Å². The molecule has 8 heteroatoms. The molecule has 0 fully saturated rings. The van der Waals surface area contributed by atoms with E-state index in [-0.39, 0.29) is 5.75 Å². The number of hydrogen-bond donors (Lipinski definition) is 2. The molecule has 88 valence electrons. The Morgan fingerprint density at radius 3 is 2.82 bits per heavy atom. The minimum absolute atomic E-state index is 0.184. The molecule has 0 saturated heterocycles. The summed E-state index contributed by atoms with van der Waals surface area (Å²) in [5, 5.41) is 32.2. The van der Waals surface area contributed by atoms with E-state index in [0.29, 0.717) is 10.9 Å². The molecule has 1 aromatic heterocycles. The van der Waals surface area contributed by atoms with Crippen molar-refractivity contribution >= 4 is 18.0 Å². The van der Waals surface area contributed by atoms with Gasteiger partial charge in [0.1, 0.15) is 5.75 Å². The Bertz CT molecular complexity index is 510. The van der Waals surface area contributed by atoms with Crippen LogP contribution in [0.4, 0.5) is 0 Å². The third-order valence-corrected chi connectivity index (χ3v) is 2.73. The lowest BCUT2D eigenvalue weighted by Gasteiger charge is -2.02. The zero-order chi connectivity index (χ0) is 12.1. The van der Waals surface area contributed by atoms with Gasteiger partial charge >= 0.3 is 0 Å². The maximum Gasteiger partial charge on any atom is 0.214 e. The van der Waals surface area contributed by atoms with E-state index in [0.717, 1.165) is 5.69 Å². The molecule has 0 radical (unpaired) electrons. The molecule has 0 atom stereocenters. The predicted octanol–water partition coefficient (Wildman–Crippen LogP) is 0.920. The van der Waals surface area contributed by atoms with Crippen molar-refractivity contribution < 1.29 is 10.3 Å². The van der Waals surface area contributed by atoms with Crippen LogP contribution in [0.5, 0.6) is 5.75 Å². The van der Waals surface area contributed by atoms with Crippen LogP contribution in [0.3, 0.4) is 0 Å². The Morgan fingerprint density at radius 1 is 1.35 bits per heavy atom. The first-order valence-corrected chi connectivity index (χ1v) is 5.66. The summed E-state index contributed by atoms with van der Waals surface area (Å²) < 4.78 is 1.54. The van der Waals surface area contributed by atoms with Gasteiger partial charge in [0.05, 0.1) is 11.9 Å². The lowest BCUT2D eigenvalue weighted by Crippen LogP contribution is -1.99. The predicted molar refractivity (Wildman–Crippen MR) is 61.8 cm³/mol. The van der Waals surface area contributed by atoms with Crippen LogP contribution in [-0.4, -0.2) is 42.5 Å². The number of benzene rings is 1. The van der Waals surface area contributed by atoms with Crippen LogP contribution in [0.2, 0.25) is 0 Å². The highest BCUT2D eigenvalue weighted by Crippen LogP contribution is 2.19. The molecule has 0 aliphatic rings. The summed E-state index contributed by atoms with van der Waals surface area (Å²) in [4.78, 5) is 0. The van der Waals surface area contributed by atoms with E-state index in [9.17, 15) is 5.11 Å². The number of rotatable bonds is 4. The lowest BCUT2D eigenvalue weighted by molar-refractivity contribution is 0.321. The maximum absolute atomic E-state index is 9.19. The van der Waals surface area contributed by atoms with Crippen LogP contribution in [0.1, 0.15) is 0 Å². The van der Waals surface area contributed by atoms with Gasteiger partial charge in [-0.15, -0.1) is 10.3 Å². The first kappa shape index (κ1) is 11.4. The number of hydrogen-bond acceptors (Lipinski definition) is 7. The first-order valence-electron chi connectivity index (χ1n) is 4.68. The van der Waals surface area contributed by atoms with E-state index < -0.39 is 0 Å². The number of thioether (sulfide) groups is 1. The molecule has 1 heterocycles. The summed E-state index contributed by atoms with van der Waals surface area (Å²) in [6.45, 7) is 0. The van der Waals surface area contributed by atoms with Gasteiger partial charge in [0.15, 0.2) is 0 Å². The van der Waals surface area contributed by atoms with Gasteiger partial charge in [0.2, 0.25) is 5.16 Å². The van der Waals surface area contributed by atoms with Crippen LogP contribution < -0.4 is 0 Å². The van der Waals surface area contributed by atoms with Crippen LogP contribution in [0, 0.1) is 0 Å². The highest BCUT2D eigenvalue weighted by atomic mass is 32.2. The van der Waals surface area contributed by atoms with Crippen LogP contribution >= 0.6 is 11.8 Å². The van der Waals surface area contributed by atoms with Gasteiger partial charge in [-0.1, -0.05) is 11.8 Å². The third-order valence-electron chi connectivity index (χ3n) is 1.90. The lowest BCUT2D eigenvalue weighted by atomic mass is 10.3. The quantitative estimate of drug-likeness (QED) is 0.363. The molecule has 7 nitrogen and oxygen atoms in total. The average molecular weight is 251 g/mol. The molecule has 0 aliphatic carbocycles. The Morgan fingerprint density at radius 2 is 2.12 bits per heavy atom. The van der Waals surface area contributed by atoms with E-state index in [4.69, 9.17) is 5.21 Å². The summed E-state index contributed by atoms with van der Waals surface area (Å²) in [5.74, 6) is 0.651. The van der Waals surface area contributed by atoms with Crippen molar-refractivity contribution in [3.63, 3.8) is 0 Å².